The molecule has 0 aliphatic heterocycles. The summed E-state index contributed by atoms with van der Waals surface area (Å²) in [7, 11) is 0. The average Bonchev–Trinajstić information content (AvgIpc) is 2.31. The Balaban J connectivity index is 2.44. The standard InChI is InChI=1S/C12H17N3O2/c1-2-3-8-17-11-6-4-10(5-7-11)9-14-15-12(13)16/h4-7,9H,2-3,8H2,1H3,(H3,13,15,16)/b14-9+. The first-order chi connectivity index (χ1) is 8.22. The van der Waals surface area contributed by atoms with Crippen LogP contribution in [-0.2, 0) is 0 Å². The number of hydrazone groups is 1. The maximum atomic E-state index is 10.4. The van der Waals surface area contributed by atoms with E-state index in [-0.39, 0.29) is 0 Å². The number of hydrogen-bond acceptors (Lipinski definition) is 3. The van der Waals surface area contributed by atoms with Gasteiger partial charge in [0.25, 0.3) is 0 Å². The van der Waals surface area contributed by atoms with Crippen molar-refractivity contribution in [3.05, 3.63) is 29.8 Å². The summed E-state index contributed by atoms with van der Waals surface area (Å²) < 4.78 is 5.51. The van der Waals surface area contributed by atoms with E-state index >= 15 is 0 Å². The molecule has 1 aromatic carbocycles. The summed E-state index contributed by atoms with van der Waals surface area (Å²) in [6, 6.07) is 6.75. The molecule has 0 spiro atoms. The van der Waals surface area contributed by atoms with Crippen molar-refractivity contribution in [2.24, 2.45) is 10.8 Å². The second-order valence-electron chi connectivity index (χ2n) is 3.51. The van der Waals surface area contributed by atoms with Crippen molar-refractivity contribution in [3.63, 3.8) is 0 Å². The molecule has 0 aliphatic carbocycles. The number of nitrogens with zero attached hydrogens (tertiary/aromatic N) is 1. The molecule has 0 heterocycles. The van der Waals surface area contributed by atoms with Gasteiger partial charge in [0.1, 0.15) is 5.75 Å². The third-order valence-corrected chi connectivity index (χ3v) is 2.04. The van der Waals surface area contributed by atoms with Gasteiger partial charge in [0.05, 0.1) is 12.8 Å². The minimum absolute atomic E-state index is 0.680. The molecule has 0 unspecified atom stereocenters. The lowest BCUT2D eigenvalue weighted by Gasteiger charge is -2.04. The number of benzene rings is 1. The first-order valence-corrected chi connectivity index (χ1v) is 5.53. The van der Waals surface area contributed by atoms with E-state index in [1.807, 2.05) is 24.3 Å². The number of ether oxygens (including phenoxy) is 1. The number of carbonyl (C=O) groups is 1. The summed E-state index contributed by atoms with van der Waals surface area (Å²) >= 11 is 0. The van der Waals surface area contributed by atoms with Crippen LogP contribution < -0.4 is 15.9 Å². The number of urea groups is 1. The predicted octanol–water partition coefficient (Wildman–Crippen LogP) is 1.87. The van der Waals surface area contributed by atoms with Crippen molar-refractivity contribution in [1.82, 2.24) is 5.43 Å². The molecule has 92 valence electrons. The molecule has 0 aromatic heterocycles. The number of nitrogens with one attached hydrogen (secondary N) is 1. The summed E-state index contributed by atoms with van der Waals surface area (Å²) in [4.78, 5) is 10.4. The van der Waals surface area contributed by atoms with E-state index in [1.54, 1.807) is 0 Å². The Morgan fingerprint density at radius 2 is 2.18 bits per heavy atom. The Kier molecular flexibility index (Phi) is 5.57. The minimum Gasteiger partial charge on any atom is -0.494 e. The third kappa shape index (κ3) is 5.55. The van der Waals surface area contributed by atoms with Gasteiger partial charge in [0.2, 0.25) is 0 Å². The van der Waals surface area contributed by atoms with Crippen LogP contribution in [0.3, 0.4) is 0 Å². The van der Waals surface area contributed by atoms with Crippen LogP contribution in [-0.4, -0.2) is 18.9 Å². The smallest absolute Gasteiger partial charge is 0.332 e. The quantitative estimate of drug-likeness (QED) is 0.448. The Morgan fingerprint density at radius 3 is 2.76 bits per heavy atom. The van der Waals surface area contributed by atoms with Crippen LogP contribution in [0.4, 0.5) is 4.79 Å². The lowest BCUT2D eigenvalue weighted by molar-refractivity contribution is 0.249. The monoisotopic (exact) mass is 235 g/mol. The molecule has 17 heavy (non-hydrogen) atoms. The van der Waals surface area contributed by atoms with Crippen LogP contribution in [0.25, 0.3) is 0 Å². The molecule has 0 radical (unpaired) electrons. The maximum Gasteiger partial charge on any atom is 0.332 e. The Bertz CT molecular complexity index is 374. The molecule has 0 saturated carbocycles. The summed E-state index contributed by atoms with van der Waals surface area (Å²) in [5.41, 5.74) is 7.86. The van der Waals surface area contributed by atoms with E-state index in [0.717, 1.165) is 30.8 Å². The van der Waals surface area contributed by atoms with E-state index in [0.29, 0.717) is 0 Å². The molecular formula is C12H17N3O2. The zero-order chi connectivity index (χ0) is 12.5. The van der Waals surface area contributed by atoms with Gasteiger partial charge in [-0.2, -0.15) is 5.10 Å². The highest BCUT2D eigenvalue weighted by molar-refractivity contribution is 5.81. The molecule has 0 fully saturated rings. The highest BCUT2D eigenvalue weighted by Crippen LogP contribution is 2.11. The molecule has 3 N–H and O–H groups in total. The molecule has 5 nitrogen and oxygen atoms in total. The highest BCUT2D eigenvalue weighted by atomic mass is 16.5. The molecule has 5 heteroatoms. The van der Waals surface area contributed by atoms with Crippen molar-refractivity contribution in [3.8, 4) is 5.75 Å². The highest BCUT2D eigenvalue weighted by Gasteiger charge is 1.93. The zero-order valence-corrected chi connectivity index (χ0v) is 9.85. The average molecular weight is 235 g/mol. The summed E-state index contributed by atoms with van der Waals surface area (Å²) in [5.74, 6) is 0.832. The number of rotatable bonds is 6. The first kappa shape index (κ1) is 13.0. The second kappa shape index (κ2) is 7.27. The van der Waals surface area contributed by atoms with Crippen LogP contribution in [0.1, 0.15) is 25.3 Å². The lowest BCUT2D eigenvalue weighted by Crippen LogP contribution is -2.24. The van der Waals surface area contributed by atoms with Gasteiger partial charge in [0.15, 0.2) is 0 Å². The topological polar surface area (TPSA) is 76.7 Å². The normalized spacial score (nSPS) is 10.4. The Hall–Kier alpha value is -2.04. The number of unbranched alkanes of at least 4 members (excludes halogenated alkanes) is 1. The number of hydrogen-bond donors (Lipinski definition) is 2. The van der Waals surface area contributed by atoms with E-state index < -0.39 is 6.03 Å². The first-order valence-electron chi connectivity index (χ1n) is 5.53. The lowest BCUT2D eigenvalue weighted by atomic mass is 10.2. The Labute approximate surface area is 101 Å². The molecule has 0 saturated heterocycles. The predicted molar refractivity (Wildman–Crippen MR) is 67.2 cm³/mol. The van der Waals surface area contributed by atoms with Gasteiger partial charge in [0, 0.05) is 0 Å². The summed E-state index contributed by atoms with van der Waals surface area (Å²) in [6.07, 6.45) is 3.68. The number of carbonyl (C=O) groups excluding carboxylic acids is 1. The van der Waals surface area contributed by atoms with Crippen molar-refractivity contribution >= 4 is 12.2 Å². The van der Waals surface area contributed by atoms with E-state index in [1.165, 1.54) is 6.21 Å². The van der Waals surface area contributed by atoms with Crippen molar-refractivity contribution in [1.29, 1.82) is 0 Å². The van der Waals surface area contributed by atoms with E-state index in [2.05, 4.69) is 17.5 Å². The Morgan fingerprint density at radius 1 is 1.47 bits per heavy atom. The molecular weight excluding hydrogens is 218 g/mol. The van der Waals surface area contributed by atoms with Crippen LogP contribution in [0.2, 0.25) is 0 Å². The van der Waals surface area contributed by atoms with Gasteiger partial charge in [-0.1, -0.05) is 13.3 Å². The van der Waals surface area contributed by atoms with Gasteiger partial charge in [-0.3, -0.25) is 0 Å². The van der Waals surface area contributed by atoms with Crippen molar-refractivity contribution < 1.29 is 9.53 Å². The molecule has 0 atom stereocenters. The van der Waals surface area contributed by atoms with Crippen LogP contribution in [0.5, 0.6) is 5.75 Å². The van der Waals surface area contributed by atoms with Gasteiger partial charge >= 0.3 is 6.03 Å². The number of nitrogens with two attached hydrogens (primary N) is 1. The minimum atomic E-state index is -0.680. The van der Waals surface area contributed by atoms with E-state index in [9.17, 15) is 4.79 Å². The van der Waals surface area contributed by atoms with Gasteiger partial charge in [-0.05, 0) is 36.2 Å². The SMILES string of the molecule is CCCCOc1ccc(/C=N/NC(N)=O)cc1. The van der Waals surface area contributed by atoms with Crippen LogP contribution in [0, 0.1) is 0 Å². The van der Waals surface area contributed by atoms with Crippen LogP contribution >= 0.6 is 0 Å². The number of amides is 2. The van der Waals surface area contributed by atoms with Gasteiger partial charge < -0.3 is 10.5 Å². The molecule has 0 aliphatic rings. The van der Waals surface area contributed by atoms with Gasteiger partial charge in [-0.15, -0.1) is 0 Å². The molecule has 1 aromatic rings. The van der Waals surface area contributed by atoms with Crippen molar-refractivity contribution in [2.75, 3.05) is 6.61 Å². The fraction of sp³-hybridized carbons (Fsp3) is 0.333. The second-order valence-corrected chi connectivity index (χ2v) is 3.51. The zero-order valence-electron chi connectivity index (χ0n) is 9.85. The van der Waals surface area contributed by atoms with Crippen molar-refractivity contribution in [2.45, 2.75) is 19.8 Å². The molecule has 0 bridgehead atoms. The largest absolute Gasteiger partial charge is 0.494 e. The van der Waals surface area contributed by atoms with Gasteiger partial charge in [-0.25, -0.2) is 10.2 Å². The fourth-order valence-corrected chi connectivity index (χ4v) is 1.15. The summed E-state index contributed by atoms with van der Waals surface area (Å²) in [5, 5.41) is 3.66. The fourth-order valence-electron chi connectivity index (χ4n) is 1.15. The van der Waals surface area contributed by atoms with Crippen LogP contribution in [0.15, 0.2) is 29.4 Å². The van der Waals surface area contributed by atoms with E-state index in [4.69, 9.17) is 10.5 Å². The number of primary amides is 1. The molecule has 2 amide bonds. The third-order valence-electron chi connectivity index (χ3n) is 2.04. The maximum absolute atomic E-state index is 10.4. The summed E-state index contributed by atoms with van der Waals surface area (Å²) in [6.45, 7) is 2.85. The molecule has 1 rings (SSSR count).